The maximum absolute atomic E-state index is 11.8. The average molecular weight is 303 g/mol. The van der Waals surface area contributed by atoms with Crippen LogP contribution in [-0.4, -0.2) is 14.7 Å². The molecule has 0 unspecified atom stereocenters. The first-order valence-electron chi connectivity index (χ1n) is 6.88. The monoisotopic (exact) mass is 303 g/mol. The van der Waals surface area contributed by atoms with Gasteiger partial charge in [-0.25, -0.2) is 8.42 Å². The minimum Gasteiger partial charge on any atom is -0.380 e. The number of nitrogens with one attached hydrogen (secondary N) is 1. The van der Waals surface area contributed by atoms with Gasteiger partial charge in [0, 0.05) is 12.8 Å². The lowest BCUT2D eigenvalue weighted by atomic mass is 10.00. The fourth-order valence-corrected chi connectivity index (χ4v) is 3.47. The molecule has 2 rings (SSSR count). The Hall–Kier alpha value is -1.81. The number of hydrogen-bond donors (Lipinski definition) is 1. The summed E-state index contributed by atoms with van der Waals surface area (Å²) in [5.41, 5.74) is 5.54. The second kappa shape index (κ2) is 5.90. The molecule has 0 saturated heterocycles. The van der Waals surface area contributed by atoms with E-state index in [1.54, 1.807) is 18.2 Å². The molecule has 0 bridgehead atoms. The Balaban J connectivity index is 2.30. The fraction of sp³-hybridized carbons (Fsp3) is 0.294. The number of hydrogen-bond acceptors (Lipinski definition) is 3. The largest absolute Gasteiger partial charge is 0.380 e. The lowest BCUT2D eigenvalue weighted by Crippen LogP contribution is -2.08. The van der Waals surface area contributed by atoms with Gasteiger partial charge in [0.25, 0.3) is 0 Å². The van der Waals surface area contributed by atoms with Crippen molar-refractivity contribution in [2.75, 3.05) is 11.6 Å². The van der Waals surface area contributed by atoms with Gasteiger partial charge < -0.3 is 5.32 Å². The highest BCUT2D eigenvalue weighted by atomic mass is 32.2. The first-order chi connectivity index (χ1) is 9.79. The molecule has 3 nitrogen and oxygen atoms in total. The van der Waals surface area contributed by atoms with E-state index in [0.29, 0.717) is 17.1 Å². The van der Waals surface area contributed by atoms with E-state index in [2.05, 4.69) is 38.2 Å². The lowest BCUT2D eigenvalue weighted by molar-refractivity contribution is 0.602. The summed E-state index contributed by atoms with van der Waals surface area (Å²) >= 11 is 0. The van der Waals surface area contributed by atoms with Crippen molar-refractivity contribution < 1.29 is 8.42 Å². The maximum Gasteiger partial charge on any atom is 0.177 e. The molecular formula is C17H21NO2S. The van der Waals surface area contributed by atoms with Gasteiger partial charge in [-0.2, -0.15) is 0 Å². The SMILES string of the molecule is Cc1cc(C)c(CNc2ccccc2S(C)(=O)=O)c(C)c1. The van der Waals surface area contributed by atoms with Gasteiger partial charge in [0.2, 0.25) is 0 Å². The van der Waals surface area contributed by atoms with E-state index in [-0.39, 0.29) is 0 Å². The van der Waals surface area contributed by atoms with Gasteiger partial charge in [0.05, 0.1) is 10.6 Å². The van der Waals surface area contributed by atoms with Gasteiger partial charge in [-0.3, -0.25) is 0 Å². The van der Waals surface area contributed by atoms with Crippen LogP contribution in [0.15, 0.2) is 41.3 Å². The molecule has 0 heterocycles. The van der Waals surface area contributed by atoms with Crippen molar-refractivity contribution in [1.82, 2.24) is 0 Å². The third-order valence-electron chi connectivity index (χ3n) is 3.58. The Morgan fingerprint density at radius 2 is 1.57 bits per heavy atom. The number of para-hydroxylation sites is 1. The van der Waals surface area contributed by atoms with Crippen LogP contribution in [0.25, 0.3) is 0 Å². The van der Waals surface area contributed by atoms with Crippen LogP contribution >= 0.6 is 0 Å². The van der Waals surface area contributed by atoms with E-state index in [9.17, 15) is 8.42 Å². The van der Waals surface area contributed by atoms with E-state index < -0.39 is 9.84 Å². The van der Waals surface area contributed by atoms with Crippen LogP contribution < -0.4 is 5.32 Å². The van der Waals surface area contributed by atoms with Crippen molar-refractivity contribution in [1.29, 1.82) is 0 Å². The zero-order valence-electron chi connectivity index (χ0n) is 12.9. The molecule has 0 spiro atoms. The van der Waals surface area contributed by atoms with E-state index in [4.69, 9.17) is 0 Å². The Kier molecular flexibility index (Phi) is 4.37. The summed E-state index contributed by atoms with van der Waals surface area (Å²) in [6, 6.07) is 11.3. The fourth-order valence-electron chi connectivity index (χ4n) is 2.61. The van der Waals surface area contributed by atoms with Gasteiger partial charge in [-0.05, 0) is 49.6 Å². The van der Waals surface area contributed by atoms with Crippen molar-refractivity contribution in [3.63, 3.8) is 0 Å². The summed E-state index contributed by atoms with van der Waals surface area (Å²) in [7, 11) is -3.23. The summed E-state index contributed by atoms with van der Waals surface area (Å²) in [6.45, 7) is 6.86. The Morgan fingerprint density at radius 3 is 2.14 bits per heavy atom. The summed E-state index contributed by atoms with van der Waals surface area (Å²) in [5.74, 6) is 0. The molecule has 0 fully saturated rings. The molecule has 0 aliphatic carbocycles. The normalized spacial score (nSPS) is 11.4. The zero-order valence-corrected chi connectivity index (χ0v) is 13.7. The molecule has 0 aliphatic heterocycles. The second-order valence-electron chi connectivity index (χ2n) is 5.50. The summed E-state index contributed by atoms with van der Waals surface area (Å²) in [4.78, 5) is 0.340. The summed E-state index contributed by atoms with van der Waals surface area (Å²) in [6.07, 6.45) is 1.23. The minimum absolute atomic E-state index is 0.340. The molecular weight excluding hydrogens is 282 g/mol. The number of benzene rings is 2. The quantitative estimate of drug-likeness (QED) is 0.938. The molecule has 0 aliphatic rings. The summed E-state index contributed by atoms with van der Waals surface area (Å²) < 4.78 is 23.6. The zero-order chi connectivity index (χ0) is 15.6. The first-order valence-corrected chi connectivity index (χ1v) is 8.78. The van der Waals surface area contributed by atoms with Crippen LogP contribution in [0, 0.1) is 20.8 Å². The molecule has 112 valence electrons. The Morgan fingerprint density at radius 1 is 1.00 bits per heavy atom. The average Bonchev–Trinajstić information content (AvgIpc) is 2.36. The van der Waals surface area contributed by atoms with Crippen LogP contribution in [0.3, 0.4) is 0 Å². The molecule has 0 amide bonds. The van der Waals surface area contributed by atoms with Crippen LogP contribution in [0.1, 0.15) is 22.3 Å². The lowest BCUT2D eigenvalue weighted by Gasteiger charge is -2.15. The van der Waals surface area contributed by atoms with Gasteiger partial charge in [-0.15, -0.1) is 0 Å². The molecule has 2 aromatic carbocycles. The van der Waals surface area contributed by atoms with Crippen molar-refractivity contribution in [3.05, 3.63) is 58.7 Å². The second-order valence-corrected chi connectivity index (χ2v) is 7.48. The highest BCUT2D eigenvalue weighted by molar-refractivity contribution is 7.90. The predicted molar refractivity (Wildman–Crippen MR) is 87.5 cm³/mol. The van der Waals surface area contributed by atoms with E-state index in [0.717, 1.165) is 0 Å². The van der Waals surface area contributed by atoms with Crippen molar-refractivity contribution in [3.8, 4) is 0 Å². The maximum atomic E-state index is 11.8. The molecule has 0 aromatic heterocycles. The predicted octanol–water partition coefficient (Wildman–Crippen LogP) is 3.63. The van der Waals surface area contributed by atoms with Gasteiger partial charge in [-0.1, -0.05) is 29.8 Å². The third kappa shape index (κ3) is 3.64. The van der Waals surface area contributed by atoms with Crippen LogP contribution in [-0.2, 0) is 16.4 Å². The van der Waals surface area contributed by atoms with Gasteiger partial charge in [0.1, 0.15) is 0 Å². The van der Waals surface area contributed by atoms with Crippen LogP contribution in [0.2, 0.25) is 0 Å². The third-order valence-corrected chi connectivity index (χ3v) is 4.74. The van der Waals surface area contributed by atoms with Crippen molar-refractivity contribution >= 4 is 15.5 Å². The van der Waals surface area contributed by atoms with E-state index in [1.165, 1.54) is 28.5 Å². The smallest absolute Gasteiger partial charge is 0.177 e. The molecule has 4 heteroatoms. The van der Waals surface area contributed by atoms with E-state index >= 15 is 0 Å². The van der Waals surface area contributed by atoms with E-state index in [1.807, 2.05) is 6.07 Å². The molecule has 0 radical (unpaired) electrons. The van der Waals surface area contributed by atoms with Crippen LogP contribution in [0.5, 0.6) is 0 Å². The first kappa shape index (κ1) is 15.6. The summed E-state index contributed by atoms with van der Waals surface area (Å²) in [5, 5.41) is 3.26. The van der Waals surface area contributed by atoms with Crippen LogP contribution in [0.4, 0.5) is 5.69 Å². The number of anilines is 1. The number of sulfone groups is 1. The topological polar surface area (TPSA) is 46.2 Å². The van der Waals surface area contributed by atoms with Gasteiger partial charge >= 0.3 is 0 Å². The number of aryl methyl sites for hydroxylation is 3. The Bertz CT molecular complexity index is 741. The number of rotatable bonds is 4. The molecule has 1 N–H and O–H groups in total. The minimum atomic E-state index is -3.23. The van der Waals surface area contributed by atoms with Crippen molar-refractivity contribution in [2.45, 2.75) is 32.2 Å². The molecule has 2 aromatic rings. The standard InChI is InChI=1S/C17H21NO2S/c1-12-9-13(2)15(14(3)10-12)11-18-16-7-5-6-8-17(16)21(4,19)20/h5-10,18H,11H2,1-4H3. The molecule has 21 heavy (non-hydrogen) atoms. The van der Waals surface area contributed by atoms with Crippen molar-refractivity contribution in [2.24, 2.45) is 0 Å². The molecule has 0 saturated carbocycles. The highest BCUT2D eigenvalue weighted by Gasteiger charge is 2.12. The molecule has 0 atom stereocenters. The van der Waals surface area contributed by atoms with Gasteiger partial charge in [0.15, 0.2) is 9.84 Å². The Labute approximate surface area is 126 Å². The highest BCUT2D eigenvalue weighted by Crippen LogP contribution is 2.23.